The maximum atomic E-state index is 12.8. The third-order valence-electron chi connectivity index (χ3n) is 6.78. The number of hydrogen-bond donors (Lipinski definition) is 2. The number of likely N-dealkylation sites (N-methyl/N-ethyl adjacent to an activating group) is 1. The van der Waals surface area contributed by atoms with Gasteiger partial charge < -0.3 is 30.3 Å². The summed E-state index contributed by atoms with van der Waals surface area (Å²) in [4.78, 5) is 42.2. The number of hydrogen-bond acceptors (Lipinski definition) is 9. The lowest BCUT2D eigenvalue weighted by Crippen LogP contribution is -2.40. The molecule has 2 aromatic heterocycles. The summed E-state index contributed by atoms with van der Waals surface area (Å²) >= 11 is 0. The summed E-state index contributed by atoms with van der Waals surface area (Å²) in [5.41, 5.74) is 6.81. The standard InChI is InChI=1S/C26H37N7O4/c1-4-36-26-30-20(25(35)28-18-6-5-7-18)16-22(31-26)33-12-10-17(11-13-33)23-21(37-15-14-32(2)3)9-8-19(29-23)24(27)34/h8-9,16-18H,4-7,10-15H2,1-3H3,(H2,27,34)(H,28,35). The first kappa shape index (κ1) is 26.6. The van der Waals surface area contributed by atoms with Crippen molar-refractivity contribution >= 4 is 17.6 Å². The Kier molecular flexibility index (Phi) is 8.75. The molecule has 0 atom stereocenters. The second-order valence-corrected chi connectivity index (χ2v) is 9.79. The van der Waals surface area contributed by atoms with Crippen molar-refractivity contribution in [1.82, 2.24) is 25.2 Å². The molecule has 0 bridgehead atoms. The highest BCUT2D eigenvalue weighted by molar-refractivity contribution is 5.93. The molecule has 1 saturated carbocycles. The Labute approximate surface area is 217 Å². The highest BCUT2D eigenvalue weighted by atomic mass is 16.5. The minimum absolute atomic E-state index is 0.0968. The predicted octanol–water partition coefficient (Wildman–Crippen LogP) is 1.98. The molecular weight excluding hydrogens is 474 g/mol. The Hall–Kier alpha value is -3.47. The Morgan fingerprint density at radius 3 is 2.46 bits per heavy atom. The van der Waals surface area contributed by atoms with Gasteiger partial charge in [0.25, 0.3) is 11.8 Å². The number of anilines is 1. The van der Waals surface area contributed by atoms with Gasteiger partial charge in [-0.25, -0.2) is 4.98 Å². The van der Waals surface area contributed by atoms with Gasteiger partial charge in [-0.2, -0.15) is 9.97 Å². The number of carbonyl (C=O) groups excluding carboxylic acids is 2. The highest BCUT2D eigenvalue weighted by Crippen LogP contribution is 2.34. The molecule has 0 spiro atoms. The monoisotopic (exact) mass is 511 g/mol. The molecule has 3 N–H and O–H groups in total. The molecule has 11 heteroatoms. The molecule has 11 nitrogen and oxygen atoms in total. The molecule has 1 aliphatic carbocycles. The van der Waals surface area contributed by atoms with Crippen molar-refractivity contribution in [3.8, 4) is 11.8 Å². The van der Waals surface area contributed by atoms with Crippen molar-refractivity contribution in [2.45, 2.75) is 51.0 Å². The topological polar surface area (TPSA) is 136 Å². The van der Waals surface area contributed by atoms with Gasteiger partial charge in [0.15, 0.2) is 0 Å². The van der Waals surface area contributed by atoms with E-state index in [1.807, 2.05) is 25.9 Å². The van der Waals surface area contributed by atoms with Crippen LogP contribution in [0.25, 0.3) is 0 Å². The largest absolute Gasteiger partial charge is 0.490 e. The number of nitrogens with one attached hydrogen (secondary N) is 1. The third-order valence-corrected chi connectivity index (χ3v) is 6.78. The molecule has 1 aliphatic heterocycles. The van der Waals surface area contributed by atoms with E-state index in [0.717, 1.165) is 44.3 Å². The van der Waals surface area contributed by atoms with Crippen molar-refractivity contribution in [2.75, 3.05) is 51.8 Å². The van der Waals surface area contributed by atoms with E-state index in [0.29, 0.717) is 43.6 Å². The molecule has 37 heavy (non-hydrogen) atoms. The molecule has 1 saturated heterocycles. The van der Waals surface area contributed by atoms with E-state index in [1.54, 1.807) is 18.2 Å². The number of nitrogens with zero attached hydrogens (tertiary/aromatic N) is 5. The molecule has 4 rings (SSSR count). The molecular formula is C26H37N7O4. The van der Waals surface area contributed by atoms with Gasteiger partial charge in [0.2, 0.25) is 0 Å². The zero-order valence-electron chi connectivity index (χ0n) is 21.9. The lowest BCUT2D eigenvalue weighted by Gasteiger charge is -2.33. The number of nitrogens with two attached hydrogens (primary N) is 1. The van der Waals surface area contributed by atoms with Crippen molar-refractivity contribution < 1.29 is 19.1 Å². The van der Waals surface area contributed by atoms with Gasteiger partial charge in [-0.3, -0.25) is 9.59 Å². The summed E-state index contributed by atoms with van der Waals surface area (Å²) < 4.78 is 11.6. The third kappa shape index (κ3) is 6.85. The van der Waals surface area contributed by atoms with Crippen LogP contribution in [0.4, 0.5) is 5.82 Å². The van der Waals surface area contributed by atoms with Crippen LogP contribution in [-0.2, 0) is 0 Å². The number of piperidine rings is 1. The average Bonchev–Trinajstić information content (AvgIpc) is 2.86. The second kappa shape index (κ2) is 12.2. The van der Waals surface area contributed by atoms with Gasteiger partial charge in [-0.1, -0.05) is 0 Å². The lowest BCUT2D eigenvalue weighted by atomic mass is 9.92. The summed E-state index contributed by atoms with van der Waals surface area (Å²) in [5, 5.41) is 3.04. The van der Waals surface area contributed by atoms with Crippen LogP contribution in [0.1, 0.15) is 71.6 Å². The smallest absolute Gasteiger partial charge is 0.319 e. The van der Waals surface area contributed by atoms with Gasteiger partial charge in [0.1, 0.15) is 29.6 Å². The zero-order valence-corrected chi connectivity index (χ0v) is 21.9. The maximum absolute atomic E-state index is 12.8. The van der Waals surface area contributed by atoms with E-state index in [9.17, 15) is 9.59 Å². The molecule has 2 amide bonds. The summed E-state index contributed by atoms with van der Waals surface area (Å²) in [6, 6.07) is 5.55. The van der Waals surface area contributed by atoms with E-state index >= 15 is 0 Å². The van der Waals surface area contributed by atoms with E-state index in [4.69, 9.17) is 15.2 Å². The van der Waals surface area contributed by atoms with E-state index in [2.05, 4.69) is 25.2 Å². The van der Waals surface area contributed by atoms with Crippen LogP contribution in [0, 0.1) is 0 Å². The van der Waals surface area contributed by atoms with Crippen LogP contribution in [0.5, 0.6) is 11.8 Å². The maximum Gasteiger partial charge on any atom is 0.319 e. The number of pyridine rings is 1. The lowest BCUT2D eigenvalue weighted by molar-refractivity contribution is 0.0909. The van der Waals surface area contributed by atoms with Gasteiger partial charge >= 0.3 is 6.01 Å². The number of rotatable bonds is 11. The van der Waals surface area contributed by atoms with Crippen LogP contribution in [-0.4, -0.2) is 84.7 Å². The minimum atomic E-state index is -0.560. The van der Waals surface area contributed by atoms with Crippen LogP contribution in [0.3, 0.4) is 0 Å². The number of ether oxygens (including phenoxy) is 2. The van der Waals surface area contributed by atoms with Crippen molar-refractivity contribution in [3.63, 3.8) is 0 Å². The molecule has 2 aromatic rings. The summed E-state index contributed by atoms with van der Waals surface area (Å²) in [6.07, 6.45) is 4.69. The average molecular weight is 512 g/mol. The molecule has 3 heterocycles. The first-order valence-corrected chi connectivity index (χ1v) is 13.0. The normalized spacial score (nSPS) is 16.4. The minimum Gasteiger partial charge on any atom is -0.490 e. The number of aromatic nitrogens is 3. The quantitative estimate of drug-likeness (QED) is 0.464. The molecule has 2 fully saturated rings. The van der Waals surface area contributed by atoms with E-state index < -0.39 is 5.91 Å². The SMILES string of the molecule is CCOc1nc(C(=O)NC2CCC2)cc(N2CCC(c3nc(C(N)=O)ccc3OCCN(C)C)CC2)n1. The number of carbonyl (C=O) groups is 2. The molecule has 0 aromatic carbocycles. The number of amides is 2. The Morgan fingerprint density at radius 2 is 1.84 bits per heavy atom. The summed E-state index contributed by atoms with van der Waals surface area (Å²) in [7, 11) is 3.97. The molecule has 2 aliphatic rings. The van der Waals surface area contributed by atoms with Gasteiger partial charge in [0, 0.05) is 37.7 Å². The zero-order chi connectivity index (χ0) is 26.4. The van der Waals surface area contributed by atoms with Crippen LogP contribution in [0.15, 0.2) is 18.2 Å². The Bertz CT molecular complexity index is 1100. The molecule has 200 valence electrons. The molecule has 0 unspecified atom stereocenters. The Balaban J connectivity index is 1.49. The van der Waals surface area contributed by atoms with Crippen LogP contribution in [0.2, 0.25) is 0 Å². The highest BCUT2D eigenvalue weighted by Gasteiger charge is 2.28. The fourth-order valence-corrected chi connectivity index (χ4v) is 4.43. The van der Waals surface area contributed by atoms with Crippen molar-refractivity contribution in [1.29, 1.82) is 0 Å². The van der Waals surface area contributed by atoms with Crippen molar-refractivity contribution in [3.05, 3.63) is 35.3 Å². The Morgan fingerprint density at radius 1 is 1.08 bits per heavy atom. The molecule has 0 radical (unpaired) electrons. The van der Waals surface area contributed by atoms with Crippen LogP contribution >= 0.6 is 0 Å². The van der Waals surface area contributed by atoms with Gasteiger partial charge in [-0.15, -0.1) is 0 Å². The summed E-state index contributed by atoms with van der Waals surface area (Å²) in [5.74, 6) is 0.684. The predicted molar refractivity (Wildman–Crippen MR) is 139 cm³/mol. The summed E-state index contributed by atoms with van der Waals surface area (Å²) in [6.45, 7) is 4.94. The van der Waals surface area contributed by atoms with E-state index in [1.165, 1.54) is 0 Å². The van der Waals surface area contributed by atoms with Gasteiger partial charge in [-0.05, 0) is 65.3 Å². The van der Waals surface area contributed by atoms with Crippen molar-refractivity contribution in [2.24, 2.45) is 5.73 Å². The first-order valence-electron chi connectivity index (χ1n) is 13.0. The fourth-order valence-electron chi connectivity index (χ4n) is 4.43. The van der Waals surface area contributed by atoms with Crippen LogP contribution < -0.4 is 25.4 Å². The number of primary amides is 1. The first-order chi connectivity index (χ1) is 17.8. The van der Waals surface area contributed by atoms with E-state index in [-0.39, 0.29) is 29.6 Å². The fraction of sp³-hybridized carbons (Fsp3) is 0.577. The van der Waals surface area contributed by atoms with Gasteiger partial charge in [0.05, 0.1) is 12.3 Å². The second-order valence-electron chi connectivity index (χ2n) is 9.79.